The summed E-state index contributed by atoms with van der Waals surface area (Å²) >= 11 is 1.87. The molecule has 7 heterocycles. The number of rotatable bonds is 11. The number of para-hydroxylation sites is 7. The molecule has 0 saturated heterocycles. The lowest BCUT2D eigenvalue weighted by Gasteiger charge is -2.11. The van der Waals surface area contributed by atoms with Gasteiger partial charge in [-0.3, -0.25) is 0 Å². The Labute approximate surface area is 805 Å². The molecule has 0 bridgehead atoms. The highest BCUT2D eigenvalue weighted by Gasteiger charge is 2.24. The Balaban J connectivity index is 0.000000105. The largest absolute Gasteiger partial charge is 0.309 e. The molecule has 7 aromatic heterocycles. The van der Waals surface area contributed by atoms with Crippen LogP contribution in [-0.4, -0.2) is 27.4 Å². The third kappa shape index (κ3) is 13.5. The van der Waals surface area contributed by atoms with Crippen LogP contribution in [0, 0.1) is 6.57 Å². The van der Waals surface area contributed by atoms with Crippen molar-refractivity contribution < 1.29 is 0 Å². The van der Waals surface area contributed by atoms with Crippen molar-refractivity contribution >= 4 is 179 Å². The first-order chi connectivity index (χ1) is 68.9. The lowest BCUT2D eigenvalue weighted by Crippen LogP contribution is -1.94. The molecule has 22 aromatic carbocycles. The normalized spacial score (nSPS) is 11.7. The number of benzene rings is 22. The van der Waals surface area contributed by atoms with Gasteiger partial charge in [0.1, 0.15) is 0 Å². The first-order valence-electron chi connectivity index (χ1n) is 47.4. The van der Waals surface area contributed by atoms with E-state index >= 15 is 0 Å². The van der Waals surface area contributed by atoms with E-state index in [0.29, 0.717) is 5.69 Å². The molecule has 8 heteroatoms. The minimum Gasteiger partial charge on any atom is -0.309 e. The van der Waals surface area contributed by atoms with Gasteiger partial charge >= 0.3 is 0 Å². The highest BCUT2D eigenvalue weighted by molar-refractivity contribution is 7.26. The highest BCUT2D eigenvalue weighted by Crippen LogP contribution is 2.47. The van der Waals surface area contributed by atoms with Crippen molar-refractivity contribution in [3.05, 3.63) is 515 Å². The molecule has 0 amide bonds. The SMILES string of the molecule is [C-]#[N+]c1ccc(-n2c3ccccc3c3cc(-c4ccc5c(c4)c4ccccc4n5-c4cccc5c4sc4ccccc45)ccc32)cc1.c1ccc(-c2ccc(-n3c4ccccc4c4cc(-c5ccc6c(c5)c5ccccc5n6-c5ccc(-c6ccccc6)cc5)ccc43)cc2)cc1.c1ccc(-n2c3ccccc3c3cc(-c4ccc5c(c4)c4ccccc4n5-c4ccc5ccccc5c4)ccc32)cc1. The standard InChI is InChI=1S/C48H32N2.C43H25N3S.C40H26N2/c1-3-11-33(12-4-1)35-19-25-39(26-20-35)49-45-17-9-7-15-41(45)43-31-37(23-29-47(43)49)38-24-30-48-44(32-38)42-16-8-10-18-46(42)50(48)40-27-21-36(22-28-40)34-13-5-2-6-14-34;1-44-29-19-21-30(22-20-29)45-37-13-5-2-9-31(37)35-25-27(17-23-39(35)45)28-18-24-40-36(26-28)32-10-3-6-14-38(32)46(40)41-15-8-12-34-33-11-4-7-16-42(33)47-43(34)41;1-2-12-31(13-3-1)41-37-16-8-6-14-33(37)35-25-29(19-22-39(35)41)30-20-23-40-36(26-30)34-15-7-9-17-38(34)42(40)32-21-18-27-10-4-5-11-28(27)24-32/h1-32H;2-26H;1-26H. The molecule has 7 nitrogen and oxygen atoms in total. The minimum absolute atomic E-state index is 0.647. The molecule has 0 unspecified atom stereocenters. The monoisotopic (exact) mass is 1790 g/mol. The molecule has 0 radical (unpaired) electrons. The number of fused-ring (bicyclic) bond motifs is 22. The average Bonchev–Trinajstić information content (AvgIpc) is 1.58. The van der Waals surface area contributed by atoms with Crippen LogP contribution in [0.25, 0.3) is 256 Å². The van der Waals surface area contributed by atoms with E-state index in [9.17, 15) is 0 Å². The van der Waals surface area contributed by atoms with Crippen molar-refractivity contribution in [1.82, 2.24) is 27.4 Å². The van der Waals surface area contributed by atoms with E-state index in [4.69, 9.17) is 6.57 Å². The van der Waals surface area contributed by atoms with Crippen LogP contribution < -0.4 is 0 Å². The third-order valence-electron chi connectivity index (χ3n) is 28.4. The minimum atomic E-state index is 0.647. The molecule has 0 aliphatic carbocycles. The fraction of sp³-hybridized carbons (Fsp3) is 0. The van der Waals surface area contributed by atoms with Crippen LogP contribution in [0.5, 0.6) is 0 Å². The van der Waals surface area contributed by atoms with Crippen LogP contribution in [0.4, 0.5) is 5.69 Å². The molecule has 0 atom stereocenters. The molecule has 0 fully saturated rings. The molecule has 29 rings (SSSR count). The lowest BCUT2D eigenvalue weighted by molar-refractivity contribution is 1.18. The second-order valence-corrected chi connectivity index (χ2v) is 37.1. The fourth-order valence-electron chi connectivity index (χ4n) is 21.9. The second kappa shape index (κ2) is 33.1. The number of thiophene rings is 1. The van der Waals surface area contributed by atoms with E-state index in [-0.39, 0.29) is 0 Å². The molecule has 29 aromatic rings. The number of hydrogen-bond donors (Lipinski definition) is 0. The van der Waals surface area contributed by atoms with Crippen molar-refractivity contribution in [2.75, 3.05) is 0 Å². The Bertz CT molecular complexity index is 9820. The van der Waals surface area contributed by atoms with Gasteiger partial charge in [0.2, 0.25) is 0 Å². The van der Waals surface area contributed by atoms with Crippen LogP contribution in [0.3, 0.4) is 0 Å². The zero-order valence-electron chi connectivity index (χ0n) is 75.5. The summed E-state index contributed by atoms with van der Waals surface area (Å²) in [6, 6.07) is 182. The van der Waals surface area contributed by atoms with Crippen LogP contribution >= 0.6 is 11.3 Å². The number of hydrogen-bond acceptors (Lipinski definition) is 1. The third-order valence-corrected chi connectivity index (χ3v) is 29.6. The Morgan fingerprint density at radius 3 is 0.791 bits per heavy atom. The zero-order chi connectivity index (χ0) is 91.7. The van der Waals surface area contributed by atoms with E-state index < -0.39 is 0 Å². The van der Waals surface area contributed by atoms with E-state index in [1.165, 1.54) is 223 Å². The molecule has 139 heavy (non-hydrogen) atoms. The van der Waals surface area contributed by atoms with Crippen LogP contribution in [-0.2, 0) is 0 Å². The maximum absolute atomic E-state index is 7.37. The summed E-state index contributed by atoms with van der Waals surface area (Å²) < 4.78 is 16.9. The van der Waals surface area contributed by atoms with Gasteiger partial charge in [0.15, 0.2) is 5.69 Å². The van der Waals surface area contributed by atoms with Crippen LogP contribution in [0.1, 0.15) is 0 Å². The summed E-state index contributed by atoms with van der Waals surface area (Å²) in [4.78, 5) is 3.58. The topological polar surface area (TPSA) is 33.9 Å². The average molecular weight is 1790 g/mol. The van der Waals surface area contributed by atoms with E-state index in [0.717, 1.165) is 28.1 Å². The summed E-state index contributed by atoms with van der Waals surface area (Å²) in [7, 11) is 0. The Morgan fingerprint density at radius 1 is 0.158 bits per heavy atom. The Hall–Kier alpha value is -18.4. The van der Waals surface area contributed by atoms with Crippen molar-refractivity contribution in [2.24, 2.45) is 0 Å². The van der Waals surface area contributed by atoms with E-state index in [1.54, 1.807) is 0 Å². The summed E-state index contributed by atoms with van der Waals surface area (Å²) in [5, 5.41) is 20.2. The molecular formula is C131H83N7S. The van der Waals surface area contributed by atoms with Gasteiger partial charge in [-0.15, -0.1) is 11.3 Å². The van der Waals surface area contributed by atoms with Gasteiger partial charge in [0.05, 0.1) is 83.2 Å². The maximum atomic E-state index is 7.37. The Morgan fingerprint density at radius 2 is 0.417 bits per heavy atom. The second-order valence-electron chi connectivity index (χ2n) is 36.1. The summed E-state index contributed by atoms with van der Waals surface area (Å²) in [6.45, 7) is 7.37. The highest BCUT2D eigenvalue weighted by atomic mass is 32.1. The lowest BCUT2D eigenvalue weighted by atomic mass is 10.0. The molecule has 648 valence electrons. The smallest absolute Gasteiger partial charge is 0.187 e. The summed E-state index contributed by atoms with van der Waals surface area (Å²) in [5.74, 6) is 0. The van der Waals surface area contributed by atoms with Gasteiger partial charge in [-0.25, -0.2) is 4.85 Å². The van der Waals surface area contributed by atoms with Gasteiger partial charge < -0.3 is 27.4 Å². The molecule has 0 saturated carbocycles. The van der Waals surface area contributed by atoms with Gasteiger partial charge in [0, 0.05) is 109 Å². The van der Waals surface area contributed by atoms with Gasteiger partial charge in [-0.1, -0.05) is 322 Å². The molecule has 0 aliphatic heterocycles. The predicted molar refractivity (Wildman–Crippen MR) is 589 cm³/mol. The van der Waals surface area contributed by atoms with Crippen molar-refractivity contribution in [1.29, 1.82) is 0 Å². The quantitative estimate of drug-likeness (QED) is 0.116. The number of nitrogens with zero attached hydrogens (tertiary/aromatic N) is 7. The first kappa shape index (κ1) is 80.3. The number of aromatic nitrogens is 6. The van der Waals surface area contributed by atoms with Gasteiger partial charge in [-0.05, 0) is 248 Å². The van der Waals surface area contributed by atoms with Crippen molar-refractivity contribution in [2.45, 2.75) is 0 Å². The van der Waals surface area contributed by atoms with Crippen molar-refractivity contribution in [3.8, 4) is 89.8 Å². The molecular weight excluding hydrogens is 1700 g/mol. The first-order valence-corrected chi connectivity index (χ1v) is 48.2. The Kier molecular flexibility index (Phi) is 19.1. The molecule has 0 spiro atoms. The fourth-order valence-corrected chi connectivity index (χ4v) is 23.1. The zero-order valence-corrected chi connectivity index (χ0v) is 76.3. The van der Waals surface area contributed by atoms with E-state index in [2.05, 4.69) is 511 Å². The van der Waals surface area contributed by atoms with Crippen LogP contribution in [0.2, 0.25) is 0 Å². The van der Waals surface area contributed by atoms with Crippen molar-refractivity contribution in [3.63, 3.8) is 0 Å². The summed E-state index contributed by atoms with van der Waals surface area (Å²) in [5.41, 5.74) is 34.2. The molecule has 0 N–H and O–H groups in total. The van der Waals surface area contributed by atoms with Gasteiger partial charge in [0.25, 0.3) is 0 Å². The van der Waals surface area contributed by atoms with Crippen LogP contribution in [0.15, 0.2) is 504 Å². The molecule has 0 aliphatic rings. The van der Waals surface area contributed by atoms with E-state index in [1.807, 2.05) is 35.6 Å². The maximum Gasteiger partial charge on any atom is 0.187 e. The predicted octanol–water partition coefficient (Wildman–Crippen LogP) is 36.0. The summed E-state index contributed by atoms with van der Waals surface area (Å²) in [6.07, 6.45) is 0. The van der Waals surface area contributed by atoms with Gasteiger partial charge in [-0.2, -0.15) is 0 Å².